The summed E-state index contributed by atoms with van der Waals surface area (Å²) in [5.41, 5.74) is 1.21. The third-order valence-corrected chi connectivity index (χ3v) is 5.24. The van der Waals surface area contributed by atoms with Crippen LogP contribution in [0.1, 0.15) is 17.9 Å². The van der Waals surface area contributed by atoms with Crippen LogP contribution in [0.3, 0.4) is 0 Å². The molecule has 1 aliphatic heterocycles. The Kier molecular flexibility index (Phi) is 6.89. The summed E-state index contributed by atoms with van der Waals surface area (Å²) >= 11 is 9.45. The number of nitrogens with one attached hydrogen (secondary N) is 2. The number of hydrogen-bond acceptors (Lipinski definition) is 4. The van der Waals surface area contributed by atoms with Crippen molar-refractivity contribution in [3.8, 4) is 5.75 Å². The van der Waals surface area contributed by atoms with E-state index in [1.54, 1.807) is 12.1 Å². The molecule has 3 N–H and O–H groups in total. The summed E-state index contributed by atoms with van der Waals surface area (Å²) in [6.45, 7) is -0.135. The maximum atomic E-state index is 13.7. The van der Waals surface area contributed by atoms with Gasteiger partial charge in [-0.15, -0.1) is 0 Å². The molecule has 0 aliphatic carbocycles. The van der Waals surface area contributed by atoms with Crippen LogP contribution in [-0.4, -0.2) is 30.1 Å². The number of carbonyl (C=O) groups is 2. The van der Waals surface area contributed by atoms with E-state index >= 15 is 0 Å². The monoisotopic (exact) mass is 482 g/mol. The minimum Gasteiger partial charge on any atom is -0.490 e. The number of benzene rings is 2. The van der Waals surface area contributed by atoms with Crippen LogP contribution >= 0.6 is 27.5 Å². The van der Waals surface area contributed by atoms with Crippen molar-refractivity contribution in [2.24, 2.45) is 0 Å². The normalized spacial score (nSPS) is 16.1. The van der Waals surface area contributed by atoms with Gasteiger partial charge in [0, 0.05) is 34.7 Å². The molecule has 0 fully saturated rings. The second kappa shape index (κ2) is 9.39. The fraction of sp³-hybridized carbons (Fsp3) is 0.200. The number of hydrogen-bond donors (Lipinski definition) is 3. The number of ether oxygens (including phenoxy) is 1. The van der Waals surface area contributed by atoms with Gasteiger partial charge in [0.05, 0.1) is 17.3 Å². The molecule has 2 aromatic carbocycles. The maximum Gasteiger partial charge on any atom is 0.253 e. The van der Waals surface area contributed by atoms with Gasteiger partial charge in [-0.05, 0) is 39.7 Å². The van der Waals surface area contributed by atoms with Crippen LogP contribution in [0.5, 0.6) is 5.75 Å². The van der Waals surface area contributed by atoms with Crippen molar-refractivity contribution in [2.45, 2.75) is 12.3 Å². The molecule has 152 valence electrons. The lowest BCUT2D eigenvalue weighted by Gasteiger charge is -2.24. The Morgan fingerprint density at radius 1 is 1.38 bits per heavy atom. The molecule has 0 saturated carbocycles. The van der Waals surface area contributed by atoms with Gasteiger partial charge in [-0.1, -0.05) is 23.7 Å². The number of aliphatic hydroxyl groups is 1. The summed E-state index contributed by atoms with van der Waals surface area (Å²) in [6.07, 6.45) is 1.36. The van der Waals surface area contributed by atoms with Gasteiger partial charge in [-0.25, -0.2) is 4.39 Å². The third-order valence-electron chi connectivity index (χ3n) is 4.29. The molecule has 1 aliphatic rings. The molecule has 0 spiro atoms. The highest BCUT2D eigenvalue weighted by molar-refractivity contribution is 9.10. The molecule has 6 nitrogen and oxygen atoms in total. The zero-order valence-corrected chi connectivity index (χ0v) is 17.4. The van der Waals surface area contributed by atoms with E-state index in [0.717, 1.165) is 0 Å². The Bertz CT molecular complexity index is 983. The zero-order chi connectivity index (χ0) is 21.0. The molecule has 2 aromatic rings. The molecule has 29 heavy (non-hydrogen) atoms. The molecule has 2 amide bonds. The van der Waals surface area contributed by atoms with Crippen molar-refractivity contribution in [3.05, 3.63) is 69.0 Å². The second-order valence-corrected chi connectivity index (χ2v) is 7.53. The van der Waals surface area contributed by atoms with E-state index in [4.69, 9.17) is 21.4 Å². The van der Waals surface area contributed by atoms with E-state index in [0.29, 0.717) is 26.5 Å². The van der Waals surface area contributed by atoms with Gasteiger partial charge in [0.2, 0.25) is 5.91 Å². The number of carbonyl (C=O) groups excluding carboxylic acids is 2. The van der Waals surface area contributed by atoms with Crippen LogP contribution in [-0.2, 0) is 9.59 Å². The van der Waals surface area contributed by atoms with Crippen LogP contribution in [0.25, 0.3) is 0 Å². The summed E-state index contributed by atoms with van der Waals surface area (Å²) in [5, 5.41) is 14.5. The number of aliphatic hydroxyl groups excluding tert-OH is 1. The highest BCUT2D eigenvalue weighted by atomic mass is 79.9. The van der Waals surface area contributed by atoms with Gasteiger partial charge < -0.3 is 20.5 Å². The molecule has 3 rings (SSSR count). The zero-order valence-electron chi connectivity index (χ0n) is 15.0. The lowest BCUT2D eigenvalue weighted by Crippen LogP contribution is -2.32. The van der Waals surface area contributed by atoms with Gasteiger partial charge >= 0.3 is 0 Å². The Morgan fingerprint density at radius 2 is 2.17 bits per heavy atom. The first kappa shape index (κ1) is 21.3. The first-order valence-electron chi connectivity index (χ1n) is 8.68. The van der Waals surface area contributed by atoms with Gasteiger partial charge in [-0.2, -0.15) is 0 Å². The first-order valence-corrected chi connectivity index (χ1v) is 9.85. The largest absolute Gasteiger partial charge is 0.490 e. The molecule has 0 aromatic heterocycles. The van der Waals surface area contributed by atoms with Crippen LogP contribution < -0.4 is 15.4 Å². The molecule has 0 saturated heterocycles. The Morgan fingerprint density at radius 3 is 2.90 bits per heavy atom. The predicted octanol–water partition coefficient (Wildman–Crippen LogP) is 3.74. The number of anilines is 1. The summed E-state index contributed by atoms with van der Waals surface area (Å²) in [4.78, 5) is 24.8. The number of amides is 2. The van der Waals surface area contributed by atoms with Crippen molar-refractivity contribution < 1.29 is 23.8 Å². The SMILES string of the molecule is O=C1C[C@@H](c2cccc(F)c2)C(C(=O)Nc2cc(OCCO)c(Cl)cc2Br)=CN1. The lowest BCUT2D eigenvalue weighted by atomic mass is 9.86. The topological polar surface area (TPSA) is 87.7 Å². The summed E-state index contributed by atoms with van der Waals surface area (Å²) < 4.78 is 19.5. The van der Waals surface area contributed by atoms with Crippen molar-refractivity contribution in [3.63, 3.8) is 0 Å². The van der Waals surface area contributed by atoms with Crippen LogP contribution in [0.4, 0.5) is 10.1 Å². The molecule has 1 heterocycles. The summed E-state index contributed by atoms with van der Waals surface area (Å²) in [5.74, 6) is -1.46. The smallest absolute Gasteiger partial charge is 0.253 e. The number of rotatable bonds is 6. The molecule has 0 unspecified atom stereocenters. The van der Waals surface area contributed by atoms with Gasteiger partial charge in [0.25, 0.3) is 5.91 Å². The molecule has 0 bridgehead atoms. The van der Waals surface area contributed by atoms with Crippen LogP contribution in [0.2, 0.25) is 5.02 Å². The average molecular weight is 484 g/mol. The van der Waals surface area contributed by atoms with Crippen LogP contribution in [0.15, 0.2) is 52.6 Å². The highest BCUT2D eigenvalue weighted by Gasteiger charge is 2.29. The van der Waals surface area contributed by atoms with Gasteiger partial charge in [-0.3, -0.25) is 9.59 Å². The lowest BCUT2D eigenvalue weighted by molar-refractivity contribution is -0.121. The highest BCUT2D eigenvalue weighted by Crippen LogP contribution is 2.36. The molecular formula is C20H17BrClFN2O4. The van der Waals surface area contributed by atoms with Gasteiger partial charge in [0.15, 0.2) is 0 Å². The van der Waals surface area contributed by atoms with Crippen molar-refractivity contribution in [1.82, 2.24) is 5.32 Å². The summed E-state index contributed by atoms with van der Waals surface area (Å²) in [7, 11) is 0. The van der Waals surface area contributed by atoms with E-state index in [1.165, 1.54) is 30.5 Å². The standard InChI is InChI=1S/C20H17BrClFN2O4/c21-15-8-16(22)18(29-5-4-26)9-17(15)25-20(28)14-10-24-19(27)7-13(14)11-2-1-3-12(23)6-11/h1-3,6,8-10,13,26H,4-5,7H2,(H,24,27)(H,25,28)/t13-/m0/s1. The molecule has 0 radical (unpaired) electrons. The fourth-order valence-electron chi connectivity index (χ4n) is 2.94. The predicted molar refractivity (Wildman–Crippen MR) is 110 cm³/mol. The quantitative estimate of drug-likeness (QED) is 0.584. The molecule has 9 heteroatoms. The van der Waals surface area contributed by atoms with E-state index in [-0.39, 0.29) is 31.1 Å². The average Bonchev–Trinajstić information content (AvgIpc) is 2.69. The van der Waals surface area contributed by atoms with E-state index in [1.807, 2.05) is 0 Å². The van der Waals surface area contributed by atoms with Crippen molar-refractivity contribution in [2.75, 3.05) is 18.5 Å². The fourth-order valence-corrected chi connectivity index (χ4v) is 3.74. The maximum absolute atomic E-state index is 13.7. The van der Waals surface area contributed by atoms with E-state index in [9.17, 15) is 14.0 Å². The van der Waals surface area contributed by atoms with Crippen LogP contribution in [0, 0.1) is 5.82 Å². The Balaban J connectivity index is 1.88. The number of halogens is 3. The van der Waals surface area contributed by atoms with Crippen molar-refractivity contribution >= 4 is 45.0 Å². The van der Waals surface area contributed by atoms with E-state index in [2.05, 4.69) is 26.6 Å². The Labute approximate surface area is 179 Å². The van der Waals surface area contributed by atoms with Gasteiger partial charge in [0.1, 0.15) is 18.2 Å². The summed E-state index contributed by atoms with van der Waals surface area (Å²) in [6, 6.07) is 8.90. The Hall–Kier alpha value is -2.42. The molecule has 1 atom stereocenters. The first-order chi connectivity index (χ1) is 13.9. The second-order valence-electron chi connectivity index (χ2n) is 6.27. The third kappa shape index (κ3) is 5.14. The molecular weight excluding hydrogens is 467 g/mol. The van der Waals surface area contributed by atoms with E-state index < -0.39 is 17.6 Å². The minimum atomic E-state index is -0.587. The minimum absolute atomic E-state index is 0.0232. The van der Waals surface area contributed by atoms with Crippen molar-refractivity contribution in [1.29, 1.82) is 0 Å².